The smallest absolute Gasteiger partial charge is 0.336 e. The highest BCUT2D eigenvalue weighted by Gasteiger charge is 2.41. The van der Waals surface area contributed by atoms with Gasteiger partial charge in [-0.05, 0) is 97.9 Å². The number of ether oxygens (including phenoxy) is 1. The average Bonchev–Trinajstić information content (AvgIpc) is 3.20. The van der Waals surface area contributed by atoms with Crippen LogP contribution < -0.4 is 10.5 Å². The van der Waals surface area contributed by atoms with Gasteiger partial charge >= 0.3 is 17.9 Å². The predicted molar refractivity (Wildman–Crippen MR) is 229 cm³/mol. The van der Waals surface area contributed by atoms with Gasteiger partial charge in [-0.15, -0.1) is 0 Å². The summed E-state index contributed by atoms with van der Waals surface area (Å²) in [5.41, 5.74) is 5.68. The summed E-state index contributed by atoms with van der Waals surface area (Å²) in [7, 11) is 0.429. The van der Waals surface area contributed by atoms with E-state index in [4.69, 9.17) is 54.1 Å². The Balaban J connectivity index is 0.000000526. The van der Waals surface area contributed by atoms with E-state index in [0.29, 0.717) is 40.0 Å². The Morgan fingerprint density at radius 1 is 0.933 bits per heavy atom. The number of carboxylic acid groups (broad SMARTS) is 3. The van der Waals surface area contributed by atoms with Crippen molar-refractivity contribution < 1.29 is 53.3 Å². The van der Waals surface area contributed by atoms with Crippen molar-refractivity contribution in [2.24, 2.45) is 5.73 Å². The molecule has 17 heteroatoms. The van der Waals surface area contributed by atoms with Gasteiger partial charge in [-0.1, -0.05) is 71.7 Å². The van der Waals surface area contributed by atoms with E-state index in [-0.39, 0.29) is 23.1 Å². The summed E-state index contributed by atoms with van der Waals surface area (Å²) >= 11 is 12.8. The molecule has 6 N–H and O–H groups in total. The molecule has 1 aliphatic heterocycles. The number of carbonyl (C=O) groups excluding carboxylic acids is 2. The molecule has 1 heterocycles. The summed E-state index contributed by atoms with van der Waals surface area (Å²) in [6.07, 6.45) is 2.24. The number of halogens is 2. The summed E-state index contributed by atoms with van der Waals surface area (Å²) in [4.78, 5) is 62.5. The number of benzene rings is 4. The van der Waals surface area contributed by atoms with Crippen LogP contribution in [0.2, 0.25) is 10.0 Å². The fourth-order valence-electron chi connectivity index (χ4n) is 7.45. The molecule has 2 atom stereocenters. The normalized spacial score (nSPS) is 14.4. The van der Waals surface area contributed by atoms with Crippen LogP contribution in [-0.4, -0.2) is 116 Å². The van der Waals surface area contributed by atoms with Crippen molar-refractivity contribution in [2.45, 2.75) is 61.4 Å². The zero-order valence-electron chi connectivity index (χ0n) is 33.4. The number of hydrogen-bond acceptors (Lipinski definition) is 9. The maximum atomic E-state index is 14.4. The number of nitrogens with two attached hydrogens (primary N) is 1. The van der Waals surface area contributed by atoms with E-state index in [1.165, 1.54) is 12.7 Å². The van der Waals surface area contributed by atoms with Gasteiger partial charge in [-0.25, -0.2) is 4.79 Å². The lowest BCUT2D eigenvalue weighted by atomic mass is 9.88. The molecule has 0 aliphatic carbocycles. The lowest BCUT2D eigenvalue weighted by Gasteiger charge is -2.34. The molecule has 1 aliphatic rings. The van der Waals surface area contributed by atoms with E-state index in [2.05, 4.69) is 11.0 Å². The Labute approximate surface area is 360 Å². The maximum absolute atomic E-state index is 14.4. The molecule has 0 radical (unpaired) electrons. The van der Waals surface area contributed by atoms with Gasteiger partial charge in [0.1, 0.15) is 5.75 Å². The molecule has 1 saturated heterocycles. The molecule has 4 aromatic carbocycles. The first-order valence-corrected chi connectivity index (χ1v) is 21.4. The maximum Gasteiger partial charge on any atom is 0.336 e. The van der Waals surface area contributed by atoms with Crippen molar-refractivity contribution in [1.82, 2.24) is 9.80 Å². The van der Waals surface area contributed by atoms with Crippen molar-refractivity contribution in [3.63, 3.8) is 0 Å². The number of fused-ring (bicyclic) bond motifs is 1. The third-order valence-corrected chi connectivity index (χ3v) is 12.3. The molecule has 0 saturated carbocycles. The molecule has 4 aromatic rings. The van der Waals surface area contributed by atoms with Crippen LogP contribution >= 0.6 is 23.2 Å². The summed E-state index contributed by atoms with van der Waals surface area (Å²) in [6.45, 7) is 5.53. The van der Waals surface area contributed by atoms with Gasteiger partial charge in [0, 0.05) is 30.2 Å². The number of carboxylic acids is 3. The monoisotopic (exact) mass is 885 g/mol. The van der Waals surface area contributed by atoms with E-state index in [1.54, 1.807) is 23.3 Å². The van der Waals surface area contributed by atoms with Gasteiger partial charge in [-0.3, -0.25) is 23.4 Å². The first kappa shape index (κ1) is 47.6. The minimum atomic E-state index is -2.74. The van der Waals surface area contributed by atoms with Crippen molar-refractivity contribution >= 4 is 74.5 Å². The fraction of sp³-hybridized carbons (Fsp3) is 0.372. The molecular formula is C43H49Cl2N3O11S. The molecule has 2 amide bonds. The minimum absolute atomic E-state index is 0.0359. The molecular weight excluding hydrogens is 837 g/mol. The Morgan fingerprint density at radius 2 is 1.55 bits per heavy atom. The quantitative estimate of drug-likeness (QED) is 0.0793. The largest absolute Gasteiger partial charge is 0.495 e. The van der Waals surface area contributed by atoms with Gasteiger partial charge < -0.3 is 40.7 Å². The number of nitrogens with zero attached hydrogens (tertiary/aromatic N) is 2. The van der Waals surface area contributed by atoms with Crippen LogP contribution in [0.1, 0.15) is 82.7 Å². The van der Waals surface area contributed by atoms with Crippen LogP contribution in [0.5, 0.6) is 5.75 Å². The lowest BCUT2D eigenvalue weighted by Crippen LogP contribution is -2.42. The molecule has 60 heavy (non-hydrogen) atoms. The Morgan fingerprint density at radius 3 is 2.10 bits per heavy atom. The molecule has 5 rings (SSSR count). The van der Waals surface area contributed by atoms with Crippen LogP contribution in [-0.2, 0) is 25.2 Å². The van der Waals surface area contributed by atoms with Crippen LogP contribution in [0.25, 0.3) is 10.8 Å². The van der Waals surface area contributed by atoms with Crippen LogP contribution in [0.4, 0.5) is 0 Å². The standard InChI is InChI=1S/C37H41Cl2N3O4S.C6H8O7/c1-4-42(37(44)34-29-11-6-5-9-26(29)21-30(36(40)43)35(34)46-2)23-27(25-13-14-31(38)32(39)22-25)17-20-41-18-15-24(16-19-41)28-10-7-8-12-33(28)47(3)45;7-3(8)1-6(13,5(11)12)2-4(9)10/h5-14,21-22,24,27H,4,15-20,23H2,1-3H3,(H2,40,43);13H,1-2H2,(H,7,8)(H,9,10)(H,11,12)/t27-,47?;/m1./s1. The zero-order chi connectivity index (χ0) is 44.3. The lowest BCUT2D eigenvalue weighted by molar-refractivity contribution is -0.170. The Kier molecular flexibility index (Phi) is 17.0. The molecule has 0 spiro atoms. The minimum Gasteiger partial charge on any atom is -0.495 e. The molecule has 14 nitrogen and oxygen atoms in total. The van der Waals surface area contributed by atoms with E-state index < -0.39 is 53.1 Å². The summed E-state index contributed by atoms with van der Waals surface area (Å²) in [5.74, 6) is -5.38. The fourth-order valence-corrected chi connectivity index (χ4v) is 8.59. The number of carbonyl (C=O) groups is 5. The van der Waals surface area contributed by atoms with Crippen LogP contribution in [0, 0.1) is 0 Å². The van der Waals surface area contributed by atoms with Gasteiger partial charge in [0.15, 0.2) is 5.60 Å². The molecule has 0 bridgehead atoms. The number of likely N-dealkylation sites (N-methyl/N-ethyl adjacent to an activating group) is 1. The number of piperidine rings is 1. The first-order valence-electron chi connectivity index (χ1n) is 19.1. The van der Waals surface area contributed by atoms with Crippen LogP contribution in [0.3, 0.4) is 0 Å². The Hall–Kier alpha value is -5.06. The number of methoxy groups -OCH3 is 1. The molecule has 0 aromatic heterocycles. The second-order valence-electron chi connectivity index (χ2n) is 14.5. The number of amides is 2. The number of likely N-dealkylation sites (tertiary alicyclic amines) is 1. The third kappa shape index (κ3) is 12.0. The van der Waals surface area contributed by atoms with Gasteiger partial charge in [0.25, 0.3) is 11.8 Å². The summed E-state index contributed by atoms with van der Waals surface area (Å²) in [5, 5.41) is 36.2. The highest BCUT2D eigenvalue weighted by atomic mass is 35.5. The van der Waals surface area contributed by atoms with Crippen molar-refractivity contribution in [3.05, 3.63) is 105 Å². The van der Waals surface area contributed by atoms with Crippen molar-refractivity contribution in [2.75, 3.05) is 46.1 Å². The topological polar surface area (TPSA) is 225 Å². The second-order valence-corrected chi connectivity index (χ2v) is 16.7. The SMILES string of the molecule is CCN(C[C@@H](CCN1CCC(c2ccccc2S(C)=O)CC1)c1ccc(Cl)c(Cl)c1)C(=O)c1c(OC)c(C(N)=O)cc2ccccc12.O=C(O)CC(O)(CC(=O)O)C(=O)O. The summed E-state index contributed by atoms with van der Waals surface area (Å²) < 4.78 is 18.0. The number of hydrogen-bond donors (Lipinski definition) is 5. The molecule has 1 unspecified atom stereocenters. The predicted octanol–water partition coefficient (Wildman–Crippen LogP) is 6.26. The van der Waals surface area contributed by atoms with Gasteiger partial charge in [0.2, 0.25) is 0 Å². The number of rotatable bonds is 17. The first-order chi connectivity index (χ1) is 28.4. The van der Waals surface area contributed by atoms with E-state index in [9.17, 15) is 28.2 Å². The van der Waals surface area contributed by atoms with E-state index in [1.807, 2.05) is 61.5 Å². The highest BCUT2D eigenvalue weighted by molar-refractivity contribution is 7.84. The highest BCUT2D eigenvalue weighted by Crippen LogP contribution is 2.36. The van der Waals surface area contributed by atoms with Gasteiger partial charge in [0.05, 0.1) is 51.9 Å². The number of primary amides is 1. The van der Waals surface area contributed by atoms with Crippen LogP contribution in [0.15, 0.2) is 77.7 Å². The van der Waals surface area contributed by atoms with E-state index in [0.717, 1.165) is 54.7 Å². The van der Waals surface area contributed by atoms with Crippen molar-refractivity contribution in [1.29, 1.82) is 0 Å². The Bertz CT molecular complexity index is 2230. The van der Waals surface area contributed by atoms with E-state index >= 15 is 0 Å². The third-order valence-electron chi connectivity index (χ3n) is 10.5. The van der Waals surface area contributed by atoms with Gasteiger partial charge in [-0.2, -0.15) is 0 Å². The average molecular weight is 887 g/mol. The number of aliphatic hydroxyl groups is 1. The number of aliphatic carboxylic acids is 3. The summed E-state index contributed by atoms with van der Waals surface area (Å²) in [6, 6.07) is 22.9. The van der Waals surface area contributed by atoms with Crippen molar-refractivity contribution in [3.8, 4) is 5.75 Å². The molecule has 322 valence electrons. The second kappa shape index (κ2) is 21.5. The molecule has 1 fully saturated rings. The zero-order valence-corrected chi connectivity index (χ0v) is 35.8.